The Kier molecular flexibility index (Phi) is 2.74. The molecule has 0 unspecified atom stereocenters. The summed E-state index contributed by atoms with van der Waals surface area (Å²) in [4.78, 5) is 0. The average molecular weight is 147 g/mol. The molecule has 0 saturated carbocycles. The molecule has 0 aliphatic heterocycles. The zero-order valence-electron chi connectivity index (χ0n) is 4.57. The minimum atomic E-state index is -3.66. The summed E-state index contributed by atoms with van der Waals surface area (Å²) in [6.07, 6.45) is 2.20. The zero-order chi connectivity index (χ0) is 7.33. The van der Waals surface area contributed by atoms with Crippen LogP contribution in [0.2, 0.25) is 0 Å². The molecule has 0 aromatic heterocycles. The number of hydrogen-bond acceptors (Lipinski definition) is 4. The number of nitrogens with zero attached hydrogens (tertiary/aromatic N) is 1. The highest BCUT2D eigenvalue weighted by Gasteiger charge is 2.06. The molecule has 0 rings (SSSR count). The summed E-state index contributed by atoms with van der Waals surface area (Å²) >= 11 is 0. The molecular formula is C4H5NO3S. The van der Waals surface area contributed by atoms with E-state index in [2.05, 4.69) is 10.8 Å². The highest BCUT2D eigenvalue weighted by Crippen LogP contribution is 1.89. The zero-order valence-corrected chi connectivity index (χ0v) is 5.39. The summed E-state index contributed by atoms with van der Waals surface area (Å²) in [5, 5.41) is 7.74. The van der Waals surface area contributed by atoms with Crippen LogP contribution < -0.4 is 0 Å². The van der Waals surface area contributed by atoms with Gasteiger partial charge in [0.05, 0.1) is 0 Å². The van der Waals surface area contributed by atoms with E-state index in [1.165, 1.54) is 0 Å². The fourth-order valence-electron chi connectivity index (χ4n) is 0.235. The van der Waals surface area contributed by atoms with Crippen LogP contribution in [0.5, 0.6) is 0 Å². The molecule has 0 atom stereocenters. The van der Waals surface area contributed by atoms with Crippen molar-refractivity contribution in [2.75, 3.05) is 5.75 Å². The van der Waals surface area contributed by atoms with Crippen LogP contribution in [0, 0.1) is 11.5 Å². The molecule has 0 aliphatic carbocycles. The van der Waals surface area contributed by atoms with Crippen LogP contribution in [-0.4, -0.2) is 14.2 Å². The van der Waals surface area contributed by atoms with Gasteiger partial charge in [0.1, 0.15) is 5.75 Å². The molecule has 0 spiro atoms. The minimum Gasteiger partial charge on any atom is -0.302 e. The van der Waals surface area contributed by atoms with Crippen molar-refractivity contribution in [3.63, 3.8) is 0 Å². The molecular weight excluding hydrogens is 142 g/mol. The first-order valence-electron chi connectivity index (χ1n) is 2.03. The van der Waals surface area contributed by atoms with Crippen LogP contribution in [0.1, 0.15) is 0 Å². The Labute approximate surface area is 53.5 Å². The molecule has 0 saturated heterocycles. The van der Waals surface area contributed by atoms with Crippen LogP contribution in [0.4, 0.5) is 0 Å². The fourth-order valence-corrected chi connectivity index (χ4v) is 0.705. The molecule has 0 fully saturated rings. The van der Waals surface area contributed by atoms with Crippen LogP contribution in [0.15, 0.2) is 12.7 Å². The van der Waals surface area contributed by atoms with Gasteiger partial charge >= 0.3 is 16.4 Å². The van der Waals surface area contributed by atoms with E-state index in [1.54, 1.807) is 0 Å². The summed E-state index contributed by atoms with van der Waals surface area (Å²) < 4.78 is 24.3. The van der Waals surface area contributed by atoms with Gasteiger partial charge in [0.15, 0.2) is 0 Å². The Morgan fingerprint density at radius 3 is 2.67 bits per heavy atom. The van der Waals surface area contributed by atoms with E-state index in [1.807, 2.05) is 0 Å². The lowest BCUT2D eigenvalue weighted by molar-refractivity contribution is 0.462. The monoisotopic (exact) mass is 147 g/mol. The standard InChI is InChI=1S/C4H5NO3S/c1-2-3-9(6,7)8-4-5/h2H,1,3H2. The van der Waals surface area contributed by atoms with Gasteiger partial charge in [-0.2, -0.15) is 8.42 Å². The second-order valence-electron chi connectivity index (χ2n) is 1.19. The van der Waals surface area contributed by atoms with E-state index in [4.69, 9.17) is 5.26 Å². The molecule has 0 heterocycles. The van der Waals surface area contributed by atoms with Crippen LogP contribution >= 0.6 is 0 Å². The molecule has 5 heteroatoms. The number of nitriles is 1. The summed E-state index contributed by atoms with van der Waals surface area (Å²) in [7, 11) is -3.66. The van der Waals surface area contributed by atoms with Crippen LogP contribution in [-0.2, 0) is 14.3 Å². The smallest absolute Gasteiger partial charge is 0.302 e. The highest BCUT2D eigenvalue weighted by molar-refractivity contribution is 7.86. The van der Waals surface area contributed by atoms with Crippen molar-refractivity contribution >= 4 is 10.1 Å². The molecule has 0 aromatic carbocycles. The normalized spacial score (nSPS) is 9.67. The molecule has 0 radical (unpaired) electrons. The van der Waals surface area contributed by atoms with Gasteiger partial charge < -0.3 is 4.18 Å². The second kappa shape index (κ2) is 3.10. The highest BCUT2D eigenvalue weighted by atomic mass is 32.2. The number of hydrogen-bond donors (Lipinski definition) is 0. The topological polar surface area (TPSA) is 67.2 Å². The van der Waals surface area contributed by atoms with Gasteiger partial charge in [0.2, 0.25) is 0 Å². The van der Waals surface area contributed by atoms with Crippen LogP contribution in [0.3, 0.4) is 0 Å². The minimum absolute atomic E-state index is 0.333. The van der Waals surface area contributed by atoms with E-state index >= 15 is 0 Å². The van der Waals surface area contributed by atoms with Gasteiger partial charge in [0.25, 0.3) is 0 Å². The molecule has 9 heavy (non-hydrogen) atoms. The van der Waals surface area contributed by atoms with E-state index in [9.17, 15) is 8.42 Å². The quantitative estimate of drug-likeness (QED) is 0.320. The van der Waals surface area contributed by atoms with Crippen molar-refractivity contribution in [2.24, 2.45) is 0 Å². The lowest BCUT2D eigenvalue weighted by atomic mass is 10.8. The van der Waals surface area contributed by atoms with Crippen molar-refractivity contribution in [3.8, 4) is 6.26 Å². The van der Waals surface area contributed by atoms with Gasteiger partial charge in [0, 0.05) is 0 Å². The summed E-state index contributed by atoms with van der Waals surface area (Å²) in [6.45, 7) is 3.16. The Morgan fingerprint density at radius 2 is 2.33 bits per heavy atom. The SMILES string of the molecule is C=CCS(=O)(=O)OC#N. The molecule has 0 aromatic rings. The maximum absolute atomic E-state index is 10.3. The Bertz CT molecular complexity index is 223. The third kappa shape index (κ3) is 3.55. The van der Waals surface area contributed by atoms with E-state index in [0.29, 0.717) is 0 Å². The van der Waals surface area contributed by atoms with E-state index < -0.39 is 10.1 Å². The lowest BCUT2D eigenvalue weighted by Gasteiger charge is -1.90. The van der Waals surface area contributed by atoms with Gasteiger partial charge in [-0.15, -0.1) is 11.8 Å². The Balaban J connectivity index is 4.08. The van der Waals surface area contributed by atoms with Crippen molar-refractivity contribution in [3.05, 3.63) is 12.7 Å². The first-order valence-corrected chi connectivity index (χ1v) is 3.61. The summed E-state index contributed by atoms with van der Waals surface area (Å²) in [6, 6.07) is 0. The third-order valence-corrected chi connectivity index (χ3v) is 1.46. The summed E-state index contributed by atoms with van der Waals surface area (Å²) in [5.41, 5.74) is 0. The fraction of sp³-hybridized carbons (Fsp3) is 0.250. The Morgan fingerprint density at radius 1 is 1.78 bits per heavy atom. The predicted octanol–water partition coefficient (Wildman–Crippen LogP) is -0.000120. The summed E-state index contributed by atoms with van der Waals surface area (Å²) in [5.74, 6) is -0.333. The second-order valence-corrected chi connectivity index (χ2v) is 2.80. The van der Waals surface area contributed by atoms with Crippen molar-refractivity contribution in [1.29, 1.82) is 5.26 Å². The van der Waals surface area contributed by atoms with Gasteiger partial charge in [-0.25, -0.2) is 0 Å². The van der Waals surface area contributed by atoms with Gasteiger partial charge in [-0.1, -0.05) is 6.08 Å². The first-order chi connectivity index (χ1) is 4.12. The molecule has 0 bridgehead atoms. The van der Waals surface area contributed by atoms with Crippen molar-refractivity contribution < 1.29 is 12.6 Å². The molecule has 4 nitrogen and oxygen atoms in total. The Hall–Kier alpha value is -1.02. The van der Waals surface area contributed by atoms with Crippen molar-refractivity contribution in [2.45, 2.75) is 0 Å². The first kappa shape index (κ1) is 7.98. The number of rotatable bonds is 3. The predicted molar refractivity (Wildman–Crippen MR) is 30.7 cm³/mol. The average Bonchev–Trinajstić information content (AvgIpc) is 1.64. The molecule has 0 N–H and O–H groups in total. The largest absolute Gasteiger partial charge is 0.322 e. The molecule has 0 amide bonds. The lowest BCUT2D eigenvalue weighted by Crippen LogP contribution is -2.04. The van der Waals surface area contributed by atoms with Crippen LogP contribution in [0.25, 0.3) is 0 Å². The van der Waals surface area contributed by atoms with E-state index in [-0.39, 0.29) is 5.75 Å². The maximum Gasteiger partial charge on any atom is 0.322 e. The van der Waals surface area contributed by atoms with E-state index in [0.717, 1.165) is 12.3 Å². The van der Waals surface area contributed by atoms with Gasteiger partial charge in [-0.05, 0) is 0 Å². The van der Waals surface area contributed by atoms with Crippen molar-refractivity contribution in [1.82, 2.24) is 0 Å². The molecule has 0 aliphatic rings. The molecule has 50 valence electrons. The third-order valence-electron chi connectivity index (χ3n) is 0.486. The van der Waals surface area contributed by atoms with Gasteiger partial charge in [-0.3, -0.25) is 0 Å². The maximum atomic E-state index is 10.3.